The molecule has 2 aromatic rings. The molecule has 1 aromatic heterocycles. The van der Waals surface area contributed by atoms with Crippen LogP contribution in [0.3, 0.4) is 0 Å². The first kappa shape index (κ1) is 18.0. The summed E-state index contributed by atoms with van der Waals surface area (Å²) in [6, 6.07) is 10.7. The number of aromatic nitrogens is 2. The van der Waals surface area contributed by atoms with E-state index >= 15 is 0 Å². The van der Waals surface area contributed by atoms with Crippen LogP contribution >= 0.6 is 0 Å². The van der Waals surface area contributed by atoms with Gasteiger partial charge in [-0.1, -0.05) is 30.3 Å². The predicted octanol–water partition coefficient (Wildman–Crippen LogP) is 2.24. The molecule has 1 unspecified atom stereocenters. The van der Waals surface area contributed by atoms with Crippen molar-refractivity contribution in [3.63, 3.8) is 0 Å². The van der Waals surface area contributed by atoms with E-state index in [0.717, 1.165) is 57.9 Å². The highest BCUT2D eigenvalue weighted by molar-refractivity contribution is 5.14. The molecule has 1 fully saturated rings. The number of likely N-dealkylation sites (N-methyl/N-ethyl adjacent to an activating group) is 1. The Morgan fingerprint density at radius 1 is 1.24 bits per heavy atom. The van der Waals surface area contributed by atoms with Gasteiger partial charge in [0.2, 0.25) is 0 Å². The summed E-state index contributed by atoms with van der Waals surface area (Å²) < 4.78 is 6.08. The van der Waals surface area contributed by atoms with Crippen LogP contribution in [0.15, 0.2) is 48.9 Å². The van der Waals surface area contributed by atoms with Crippen molar-refractivity contribution in [2.45, 2.75) is 25.5 Å². The maximum Gasteiger partial charge on any atom is 0.0828 e. The zero-order valence-corrected chi connectivity index (χ0v) is 15.1. The molecule has 1 saturated heterocycles. The summed E-state index contributed by atoms with van der Waals surface area (Å²) in [7, 11) is 2.16. The van der Waals surface area contributed by atoms with Gasteiger partial charge in [-0.15, -0.1) is 0 Å². The smallest absolute Gasteiger partial charge is 0.0828 e. The van der Waals surface area contributed by atoms with Crippen LogP contribution in [-0.4, -0.2) is 65.7 Å². The quantitative estimate of drug-likeness (QED) is 0.773. The van der Waals surface area contributed by atoms with Crippen molar-refractivity contribution in [3.8, 4) is 0 Å². The van der Waals surface area contributed by atoms with Crippen LogP contribution in [0, 0.1) is 0 Å². The molecule has 1 aliphatic rings. The third-order valence-corrected chi connectivity index (χ3v) is 4.56. The zero-order valence-electron chi connectivity index (χ0n) is 15.1. The molecule has 25 heavy (non-hydrogen) atoms. The van der Waals surface area contributed by atoms with Gasteiger partial charge in [0.15, 0.2) is 0 Å². The Balaban J connectivity index is 1.47. The molecule has 1 aliphatic heterocycles. The number of benzene rings is 1. The Labute approximate surface area is 150 Å². The second kappa shape index (κ2) is 9.61. The van der Waals surface area contributed by atoms with Crippen molar-refractivity contribution in [2.75, 3.05) is 39.8 Å². The predicted molar refractivity (Wildman–Crippen MR) is 99.3 cm³/mol. The zero-order chi connectivity index (χ0) is 17.3. The van der Waals surface area contributed by atoms with Crippen LogP contribution in [0.2, 0.25) is 0 Å². The summed E-state index contributed by atoms with van der Waals surface area (Å²) in [5.74, 6) is 0. The monoisotopic (exact) mass is 340 g/mol. The summed E-state index contributed by atoms with van der Waals surface area (Å²) in [5.41, 5.74) is 2.42. The number of ether oxygens (including phenoxy) is 1. The minimum absolute atomic E-state index is 0.262. The highest BCUT2D eigenvalue weighted by Gasteiger charge is 2.20. The fourth-order valence-electron chi connectivity index (χ4n) is 3.27. The van der Waals surface area contributed by atoms with E-state index in [4.69, 9.17) is 4.74 Å². The van der Waals surface area contributed by atoms with E-state index < -0.39 is 0 Å². The van der Waals surface area contributed by atoms with E-state index in [1.165, 1.54) is 5.56 Å². The van der Waals surface area contributed by atoms with Gasteiger partial charge in [0.1, 0.15) is 0 Å². The van der Waals surface area contributed by atoms with Gasteiger partial charge in [-0.25, -0.2) is 0 Å². The summed E-state index contributed by atoms with van der Waals surface area (Å²) in [6.45, 7) is 5.87. The standard InChI is InChI=1S/C20H28N4O/c1-23(12-8-19-14-21-9-10-22-19)16-20-17-24(11-5-13-25-20)15-18-6-3-2-4-7-18/h2-4,6-7,9-10,14,20H,5,8,11-13,15-17H2,1H3. The van der Waals surface area contributed by atoms with E-state index in [9.17, 15) is 0 Å². The lowest BCUT2D eigenvalue weighted by Gasteiger charge is -2.27. The Morgan fingerprint density at radius 2 is 2.12 bits per heavy atom. The van der Waals surface area contributed by atoms with Crippen molar-refractivity contribution >= 4 is 0 Å². The lowest BCUT2D eigenvalue weighted by atomic mass is 10.2. The molecule has 5 nitrogen and oxygen atoms in total. The molecule has 0 aliphatic carbocycles. The minimum Gasteiger partial charge on any atom is -0.376 e. The van der Waals surface area contributed by atoms with Gasteiger partial charge in [-0.3, -0.25) is 14.9 Å². The topological polar surface area (TPSA) is 41.5 Å². The maximum absolute atomic E-state index is 6.08. The van der Waals surface area contributed by atoms with E-state index in [0.29, 0.717) is 0 Å². The van der Waals surface area contributed by atoms with E-state index in [2.05, 4.69) is 57.1 Å². The van der Waals surface area contributed by atoms with Crippen LogP contribution in [0.25, 0.3) is 0 Å². The van der Waals surface area contributed by atoms with E-state index in [1.54, 1.807) is 12.4 Å². The maximum atomic E-state index is 6.08. The van der Waals surface area contributed by atoms with Crippen molar-refractivity contribution in [1.82, 2.24) is 19.8 Å². The van der Waals surface area contributed by atoms with E-state index in [-0.39, 0.29) is 6.10 Å². The van der Waals surface area contributed by atoms with Crippen LogP contribution < -0.4 is 0 Å². The second-order valence-electron chi connectivity index (χ2n) is 6.78. The molecule has 0 radical (unpaired) electrons. The highest BCUT2D eigenvalue weighted by atomic mass is 16.5. The van der Waals surface area contributed by atoms with Gasteiger partial charge in [0, 0.05) is 64.3 Å². The number of hydrogen-bond donors (Lipinski definition) is 0. The molecular formula is C20H28N4O. The van der Waals surface area contributed by atoms with Crippen LogP contribution in [0.1, 0.15) is 17.7 Å². The van der Waals surface area contributed by atoms with Crippen molar-refractivity contribution in [2.24, 2.45) is 0 Å². The average Bonchev–Trinajstić information content (AvgIpc) is 2.86. The first-order chi connectivity index (χ1) is 12.3. The summed E-state index contributed by atoms with van der Waals surface area (Å²) in [4.78, 5) is 13.3. The van der Waals surface area contributed by atoms with Crippen LogP contribution in [0.4, 0.5) is 0 Å². The molecule has 5 heteroatoms. The van der Waals surface area contributed by atoms with Gasteiger partial charge >= 0.3 is 0 Å². The molecule has 3 rings (SSSR count). The SMILES string of the molecule is CN(CCc1cnccn1)CC1CN(Cc2ccccc2)CCCO1. The number of hydrogen-bond acceptors (Lipinski definition) is 5. The van der Waals surface area contributed by atoms with Crippen molar-refractivity contribution in [1.29, 1.82) is 0 Å². The Kier molecular flexibility index (Phi) is 6.91. The molecule has 0 N–H and O–H groups in total. The van der Waals surface area contributed by atoms with Crippen molar-refractivity contribution < 1.29 is 4.74 Å². The Bertz CT molecular complexity index is 608. The lowest BCUT2D eigenvalue weighted by molar-refractivity contribution is 0.0314. The lowest BCUT2D eigenvalue weighted by Crippen LogP contribution is -2.39. The molecule has 1 aromatic carbocycles. The average molecular weight is 340 g/mol. The molecule has 0 amide bonds. The molecule has 0 spiro atoms. The Hall–Kier alpha value is -1.82. The largest absolute Gasteiger partial charge is 0.376 e. The fraction of sp³-hybridized carbons (Fsp3) is 0.500. The van der Waals surface area contributed by atoms with Gasteiger partial charge in [-0.05, 0) is 19.0 Å². The van der Waals surface area contributed by atoms with E-state index in [1.807, 2.05) is 6.20 Å². The van der Waals surface area contributed by atoms with Crippen LogP contribution in [0.5, 0.6) is 0 Å². The first-order valence-electron chi connectivity index (χ1n) is 9.11. The first-order valence-corrected chi connectivity index (χ1v) is 9.11. The van der Waals surface area contributed by atoms with Crippen molar-refractivity contribution in [3.05, 3.63) is 60.2 Å². The number of nitrogens with zero attached hydrogens (tertiary/aromatic N) is 4. The molecular weight excluding hydrogens is 312 g/mol. The normalized spacial score (nSPS) is 19.0. The Morgan fingerprint density at radius 3 is 2.92 bits per heavy atom. The van der Waals surface area contributed by atoms with Gasteiger partial charge < -0.3 is 9.64 Å². The summed E-state index contributed by atoms with van der Waals surface area (Å²) in [5, 5.41) is 0. The molecule has 0 bridgehead atoms. The van der Waals surface area contributed by atoms with Gasteiger partial charge in [0.25, 0.3) is 0 Å². The molecule has 2 heterocycles. The van der Waals surface area contributed by atoms with Gasteiger partial charge in [-0.2, -0.15) is 0 Å². The van der Waals surface area contributed by atoms with Gasteiger partial charge in [0.05, 0.1) is 11.8 Å². The fourth-order valence-corrected chi connectivity index (χ4v) is 3.27. The highest BCUT2D eigenvalue weighted by Crippen LogP contribution is 2.11. The minimum atomic E-state index is 0.262. The number of rotatable bonds is 7. The second-order valence-corrected chi connectivity index (χ2v) is 6.78. The third kappa shape index (κ3) is 6.20. The molecule has 0 saturated carbocycles. The molecule has 134 valence electrons. The summed E-state index contributed by atoms with van der Waals surface area (Å²) >= 11 is 0. The summed E-state index contributed by atoms with van der Waals surface area (Å²) in [6.07, 6.45) is 7.60. The third-order valence-electron chi connectivity index (χ3n) is 4.56. The van der Waals surface area contributed by atoms with Crippen LogP contribution in [-0.2, 0) is 17.7 Å². The molecule has 1 atom stereocenters.